The summed E-state index contributed by atoms with van der Waals surface area (Å²) in [5.41, 5.74) is 11.0. The van der Waals surface area contributed by atoms with Crippen LogP contribution in [0.5, 0.6) is 23.0 Å². The van der Waals surface area contributed by atoms with Gasteiger partial charge in [0.25, 0.3) is 11.7 Å². The van der Waals surface area contributed by atoms with Crippen molar-refractivity contribution in [2.45, 2.75) is 97.3 Å². The lowest BCUT2D eigenvalue weighted by Gasteiger charge is -2.37. The van der Waals surface area contributed by atoms with Gasteiger partial charge in [0.15, 0.2) is 5.75 Å². The lowest BCUT2D eigenvalue weighted by Crippen LogP contribution is -2.60. The fourth-order valence-electron chi connectivity index (χ4n) is 9.61. The first-order valence-electron chi connectivity index (χ1n) is 24.1. The third kappa shape index (κ3) is 10.3. The van der Waals surface area contributed by atoms with Crippen LogP contribution in [0, 0.1) is 24.6 Å². The number of aliphatic hydroxyl groups excluding tert-OH is 2. The quantitative estimate of drug-likeness (QED) is 0.0554. The normalized spacial score (nSPS) is 27.5. The van der Waals surface area contributed by atoms with Crippen LogP contribution < -0.4 is 31.8 Å². The predicted octanol–water partition coefficient (Wildman–Crippen LogP) is 3.46. The van der Waals surface area contributed by atoms with Gasteiger partial charge < -0.3 is 75.8 Å². The van der Waals surface area contributed by atoms with Crippen molar-refractivity contribution in [2.24, 2.45) is 28.4 Å². The van der Waals surface area contributed by atoms with Crippen molar-refractivity contribution in [3.63, 3.8) is 0 Å². The van der Waals surface area contributed by atoms with Crippen LogP contribution in [0.1, 0.15) is 73.4 Å². The third-order valence-corrected chi connectivity index (χ3v) is 14.1. The summed E-state index contributed by atoms with van der Waals surface area (Å²) in [6.45, 7) is 11.2. The number of rotatable bonds is 7. The number of nitrogens with one attached hydrogen (secondary N) is 1. The molecule has 1 aromatic heterocycles. The van der Waals surface area contributed by atoms with Crippen LogP contribution >= 0.6 is 0 Å². The summed E-state index contributed by atoms with van der Waals surface area (Å²) < 4.78 is 40.7. The molecular formula is C52H62FN7O15. The number of amides is 1. The molecule has 22 nitrogen and oxygen atoms in total. The van der Waals surface area contributed by atoms with Gasteiger partial charge in [-0.1, -0.05) is 32.1 Å². The topological polar surface area (TPSA) is 331 Å². The number of phenolic OH excluding ortho intramolecular Hbond substituents is 3. The zero-order chi connectivity index (χ0) is 55.1. The number of hydrogen-bond acceptors (Lipinski definition) is 19. The number of halogens is 1. The van der Waals surface area contributed by atoms with Gasteiger partial charge in [0.1, 0.15) is 34.7 Å². The number of ketones is 1. The van der Waals surface area contributed by atoms with E-state index in [1.54, 1.807) is 35.2 Å². The molecule has 0 radical (unpaired) electrons. The Morgan fingerprint density at radius 3 is 2.29 bits per heavy atom. The van der Waals surface area contributed by atoms with Crippen LogP contribution in [-0.2, 0) is 30.3 Å². The minimum absolute atomic E-state index is 0.0377. The number of phenols is 3. The Morgan fingerprint density at radius 2 is 1.67 bits per heavy atom. The highest BCUT2D eigenvalue weighted by Gasteiger charge is 2.50. The third-order valence-electron chi connectivity index (χ3n) is 14.1. The number of carboxylic acids is 1. The number of carbonyl (C=O) groups is 4. The van der Waals surface area contributed by atoms with Crippen molar-refractivity contribution in [2.75, 3.05) is 43.5 Å². The molecular weight excluding hydrogens is 982 g/mol. The maximum absolute atomic E-state index is 15.8. The average Bonchev–Trinajstić information content (AvgIpc) is 3.64. The van der Waals surface area contributed by atoms with Gasteiger partial charge in [-0.3, -0.25) is 24.2 Å². The maximum Gasteiger partial charge on any atom is 0.341 e. The summed E-state index contributed by atoms with van der Waals surface area (Å²) in [7, 11) is 1.34. The number of methoxy groups -OCH3 is 1. The van der Waals surface area contributed by atoms with Crippen molar-refractivity contribution >= 4 is 62.9 Å². The zero-order valence-corrected chi connectivity index (χ0v) is 42.5. The molecule has 0 saturated carbocycles. The number of nitrogens with zero attached hydrogens (tertiary/aromatic N) is 4. The van der Waals surface area contributed by atoms with E-state index in [4.69, 9.17) is 30.4 Å². The van der Waals surface area contributed by atoms with Crippen LogP contribution in [0.25, 0.3) is 21.7 Å². The molecule has 402 valence electrons. The number of fused-ring (bicyclic) bond motifs is 15. The van der Waals surface area contributed by atoms with E-state index in [1.807, 2.05) is 0 Å². The molecule has 1 amide bonds. The number of allylic oxidation sites excluding steroid dienone is 2. The van der Waals surface area contributed by atoms with Crippen molar-refractivity contribution in [1.29, 1.82) is 0 Å². The molecule has 11 N–H and O–H groups in total. The monoisotopic (exact) mass is 1040 g/mol. The molecule has 1 fully saturated rings. The molecule has 5 bridgehead atoms. The standard InChI is InChI=1S/C52H62FN7O15/c1-9-58-22-30(51(70)71)43(64)28-19-31(53)33(20-32(28)58)59-14-16-60(17-15-59)56-21-29-40-45(66)36-35(44(29)65)37-47(26(5)42(36)63)75-52(7,49(37)68)73-18-13-34(72-8)25(4)48(74-27(6)61)39(55)46(67)38(54)41(62)23(2)11-10-12-24(3)50(69)57-40/h10-13,18-23,25,34,38-39,41,46,48,62-63,65-67H,9,14-17,54-55H2,1-8H3,(H,57,69)(H,70,71)/b11-10+,18-13+,24-12-,56-21+/t23-,25+,34-,38+,39+,41-,46+,48+,52-/m0/s1. The summed E-state index contributed by atoms with van der Waals surface area (Å²) in [6, 6.07) is -0.220. The number of hydrazone groups is 1. The highest BCUT2D eigenvalue weighted by atomic mass is 19.1. The van der Waals surface area contributed by atoms with Crippen molar-refractivity contribution < 1.29 is 73.2 Å². The number of pyridine rings is 1. The van der Waals surface area contributed by atoms with Crippen LogP contribution in [0.4, 0.5) is 15.8 Å². The Kier molecular flexibility index (Phi) is 16.0. The number of aryl methyl sites for hydroxylation is 1. The minimum Gasteiger partial charge on any atom is -0.507 e. The van der Waals surface area contributed by atoms with Crippen LogP contribution in [0.2, 0.25) is 0 Å². The highest BCUT2D eigenvalue weighted by molar-refractivity contribution is 6.24. The van der Waals surface area contributed by atoms with Gasteiger partial charge in [0.2, 0.25) is 5.43 Å². The smallest absolute Gasteiger partial charge is 0.341 e. The number of aromatic nitrogens is 1. The van der Waals surface area contributed by atoms with E-state index in [0.29, 0.717) is 12.1 Å². The van der Waals surface area contributed by atoms with Gasteiger partial charge in [-0.05, 0) is 39.0 Å². The predicted molar refractivity (Wildman–Crippen MR) is 274 cm³/mol. The van der Waals surface area contributed by atoms with Gasteiger partial charge in [0.05, 0.1) is 89.4 Å². The molecule has 75 heavy (non-hydrogen) atoms. The Labute approximate surface area is 429 Å². The summed E-state index contributed by atoms with van der Waals surface area (Å²) in [5.74, 6) is -10.7. The number of aliphatic hydroxyl groups is 2. The Balaban J connectivity index is 1.30. The molecule has 9 atom stereocenters. The van der Waals surface area contributed by atoms with Gasteiger partial charge in [-0.15, -0.1) is 0 Å². The first kappa shape index (κ1) is 55.2. The van der Waals surface area contributed by atoms with Crippen molar-refractivity contribution in [1.82, 2.24) is 9.58 Å². The number of carbonyl (C=O) groups excluding carboxylic acids is 3. The summed E-state index contributed by atoms with van der Waals surface area (Å²) >= 11 is 0. The summed E-state index contributed by atoms with van der Waals surface area (Å²) in [5, 5.41) is 76.2. The van der Waals surface area contributed by atoms with E-state index in [0.717, 1.165) is 25.5 Å². The fourth-order valence-corrected chi connectivity index (χ4v) is 9.61. The molecule has 0 spiro atoms. The van der Waals surface area contributed by atoms with Gasteiger partial charge >= 0.3 is 17.7 Å². The number of esters is 1. The van der Waals surface area contributed by atoms with Crippen LogP contribution in [0.15, 0.2) is 64.4 Å². The van der Waals surface area contributed by atoms with E-state index in [1.165, 1.54) is 64.4 Å². The second kappa shape index (κ2) is 21.7. The second-order valence-corrected chi connectivity index (χ2v) is 19.0. The summed E-state index contributed by atoms with van der Waals surface area (Å²) in [6.07, 6.45) is 3.89. The molecule has 8 rings (SSSR count). The molecule has 1 saturated heterocycles. The number of aromatic carboxylic acids is 1. The molecule has 0 unspecified atom stereocenters. The second-order valence-electron chi connectivity index (χ2n) is 19.0. The van der Waals surface area contributed by atoms with Gasteiger partial charge in [-0.2, -0.15) is 5.10 Å². The molecule has 5 heterocycles. The minimum atomic E-state index is -2.18. The summed E-state index contributed by atoms with van der Waals surface area (Å²) in [4.78, 5) is 67.4. The van der Waals surface area contributed by atoms with Crippen LogP contribution in [-0.4, -0.2) is 146 Å². The number of aromatic hydroxyl groups is 3. The number of Topliss-reactive ketones (excluding diaryl/α,β-unsaturated/α-hetero) is 1. The van der Waals surface area contributed by atoms with E-state index in [-0.39, 0.29) is 70.7 Å². The highest BCUT2D eigenvalue weighted by Crippen LogP contribution is 2.55. The fraction of sp³-hybridized carbons (Fsp3) is 0.423. The van der Waals surface area contributed by atoms with E-state index in [9.17, 15) is 54.6 Å². The molecule has 4 aliphatic rings. The van der Waals surface area contributed by atoms with Crippen molar-refractivity contribution in [3.8, 4) is 23.0 Å². The molecule has 4 aliphatic heterocycles. The maximum atomic E-state index is 15.8. The largest absolute Gasteiger partial charge is 0.507 e. The number of carboxylic acid groups (broad SMARTS) is 1. The first-order chi connectivity index (χ1) is 35.4. The molecule has 23 heteroatoms. The van der Waals surface area contributed by atoms with Crippen LogP contribution in [0.3, 0.4) is 0 Å². The zero-order valence-electron chi connectivity index (χ0n) is 42.5. The van der Waals surface area contributed by atoms with E-state index in [2.05, 4.69) is 10.4 Å². The van der Waals surface area contributed by atoms with Gasteiger partial charge in [-0.25, -0.2) is 9.18 Å². The van der Waals surface area contributed by atoms with E-state index >= 15 is 4.39 Å². The number of anilines is 2. The number of piperazine rings is 1. The lowest BCUT2D eigenvalue weighted by molar-refractivity contribution is -0.155. The Morgan fingerprint density at radius 1 is 0.987 bits per heavy atom. The number of ether oxygens (including phenoxy) is 4. The SMILES string of the molecule is CCn1cc(C(=O)O)c(=O)c2cc(F)c(N3CCN(/N=C/c4c5c(O)c6c(O)c(C)c7c(c6c4O)C(=O)[C@@](C)(O/C=C/[C@H](OC)[C@@H](C)[C@@H](OC(C)=O)[C@H](N)[C@H](O)[C@H](N)[C@@H](O)[C@@H](C)/C=C/C=C(/C)C(=O)N5)O7)CC3)cc21. The first-order valence-corrected chi connectivity index (χ1v) is 24.1. The van der Waals surface area contributed by atoms with Gasteiger partial charge in [0, 0.05) is 80.5 Å². The van der Waals surface area contributed by atoms with Crippen molar-refractivity contribution in [3.05, 3.63) is 92.8 Å². The molecule has 4 aromatic rings. The molecule has 0 aliphatic carbocycles. The number of benzene rings is 3. The average molecular weight is 1040 g/mol. The lowest BCUT2D eigenvalue weighted by atomic mass is 9.84. The number of hydrogen-bond donors (Lipinski definition) is 9. The Hall–Kier alpha value is -7.57. The number of nitrogens with two attached hydrogens (primary N) is 2. The van der Waals surface area contributed by atoms with E-state index < -0.39 is 123 Å². The Bertz CT molecular complexity index is 3150. The molecule has 3 aromatic carbocycles.